The predicted octanol–water partition coefficient (Wildman–Crippen LogP) is 3.41. The first-order valence-electron chi connectivity index (χ1n) is 10.9. The summed E-state index contributed by atoms with van der Waals surface area (Å²) in [5.74, 6) is 1.16. The number of phenolic OH excluding ortho intramolecular Hbond substituents is 1. The molecule has 4 rings (SSSR count). The van der Waals surface area contributed by atoms with Gasteiger partial charge in [-0.1, -0.05) is 5.21 Å². The molecule has 3 N–H and O–H groups in total. The minimum atomic E-state index is -0.486. The molecule has 0 aliphatic heterocycles. The number of amides is 1. The van der Waals surface area contributed by atoms with Crippen LogP contribution >= 0.6 is 0 Å². The molecule has 0 atom stereocenters. The standard InChI is InChI=1S/C22H29N7O3/c1-22(2,3)32-21(31)24-12-14-4-6-15(7-5-14)25-20-23-13-18-19(26-20)29(28-27-18)16-8-10-17(30)11-9-16/h8-11,13-15,30H,4-7,12H2,1-3H3,(H,24,31)(H,23,25,26)/t14-,15-. The van der Waals surface area contributed by atoms with Gasteiger partial charge in [-0.15, -0.1) is 5.10 Å². The van der Waals surface area contributed by atoms with Crippen molar-refractivity contribution in [2.45, 2.75) is 58.1 Å². The summed E-state index contributed by atoms with van der Waals surface area (Å²) in [6.07, 6.45) is 5.24. The SMILES string of the molecule is CC(C)(C)OC(=O)NC[C@H]1CC[C@H](Nc2ncc3nnn(-c4ccc(O)cc4)c3n2)CC1. The van der Waals surface area contributed by atoms with Gasteiger partial charge in [0.05, 0.1) is 11.9 Å². The van der Waals surface area contributed by atoms with E-state index in [2.05, 4.69) is 30.9 Å². The van der Waals surface area contributed by atoms with Gasteiger partial charge in [-0.2, -0.15) is 9.67 Å². The number of hydrogen-bond acceptors (Lipinski definition) is 8. The summed E-state index contributed by atoms with van der Waals surface area (Å²) >= 11 is 0. The first-order valence-corrected chi connectivity index (χ1v) is 10.9. The van der Waals surface area contributed by atoms with Crippen molar-refractivity contribution in [3.05, 3.63) is 30.5 Å². The molecule has 0 saturated heterocycles. The van der Waals surface area contributed by atoms with Gasteiger partial charge in [-0.3, -0.25) is 0 Å². The lowest BCUT2D eigenvalue weighted by Crippen LogP contribution is -2.37. The summed E-state index contributed by atoms with van der Waals surface area (Å²) in [7, 11) is 0. The van der Waals surface area contributed by atoms with Gasteiger partial charge in [0.2, 0.25) is 5.95 Å². The normalized spacial score (nSPS) is 19.0. The van der Waals surface area contributed by atoms with Crippen molar-refractivity contribution >= 4 is 23.2 Å². The maximum absolute atomic E-state index is 11.9. The number of nitrogens with zero attached hydrogens (tertiary/aromatic N) is 5. The van der Waals surface area contributed by atoms with Crippen molar-refractivity contribution in [2.24, 2.45) is 5.92 Å². The number of phenols is 1. The number of aromatic nitrogens is 5. The Bertz CT molecular complexity index is 1070. The van der Waals surface area contributed by atoms with E-state index >= 15 is 0 Å². The van der Waals surface area contributed by atoms with Gasteiger partial charge >= 0.3 is 6.09 Å². The largest absolute Gasteiger partial charge is 0.508 e. The van der Waals surface area contributed by atoms with E-state index in [1.807, 2.05) is 20.8 Å². The summed E-state index contributed by atoms with van der Waals surface area (Å²) < 4.78 is 6.93. The highest BCUT2D eigenvalue weighted by atomic mass is 16.6. The molecule has 0 unspecified atom stereocenters. The molecular weight excluding hydrogens is 410 g/mol. The van der Waals surface area contributed by atoms with Gasteiger partial charge in [-0.25, -0.2) is 9.78 Å². The molecule has 10 nitrogen and oxygen atoms in total. The summed E-state index contributed by atoms with van der Waals surface area (Å²) in [5.41, 5.74) is 1.47. The molecule has 0 radical (unpaired) electrons. The Kier molecular flexibility index (Phi) is 6.11. The third kappa shape index (κ3) is 5.43. The first kappa shape index (κ1) is 21.8. The number of carbonyl (C=O) groups excluding carboxylic acids is 1. The maximum Gasteiger partial charge on any atom is 0.407 e. The Morgan fingerprint density at radius 3 is 2.59 bits per heavy atom. The second kappa shape index (κ2) is 8.97. The van der Waals surface area contributed by atoms with Crippen molar-refractivity contribution in [3.63, 3.8) is 0 Å². The number of anilines is 1. The zero-order valence-corrected chi connectivity index (χ0v) is 18.6. The Morgan fingerprint density at radius 1 is 1.19 bits per heavy atom. The monoisotopic (exact) mass is 439 g/mol. The summed E-state index contributed by atoms with van der Waals surface area (Å²) in [6.45, 7) is 6.20. The number of carbonyl (C=O) groups is 1. The van der Waals surface area contributed by atoms with Crippen LogP contribution in [0.5, 0.6) is 5.75 Å². The van der Waals surface area contributed by atoms with E-state index in [9.17, 15) is 9.90 Å². The number of hydrogen-bond donors (Lipinski definition) is 3. The smallest absolute Gasteiger partial charge is 0.407 e. The van der Waals surface area contributed by atoms with Crippen LogP contribution < -0.4 is 10.6 Å². The molecule has 2 heterocycles. The minimum absolute atomic E-state index is 0.187. The highest BCUT2D eigenvalue weighted by molar-refractivity contribution is 5.72. The molecule has 3 aromatic rings. The molecule has 0 spiro atoms. The first-order chi connectivity index (χ1) is 15.3. The average Bonchev–Trinajstić information content (AvgIpc) is 3.16. The molecule has 1 saturated carbocycles. The summed E-state index contributed by atoms with van der Waals surface area (Å²) in [4.78, 5) is 20.9. The molecule has 32 heavy (non-hydrogen) atoms. The van der Waals surface area contributed by atoms with Crippen molar-refractivity contribution in [1.29, 1.82) is 0 Å². The third-order valence-corrected chi connectivity index (χ3v) is 5.40. The fourth-order valence-corrected chi connectivity index (χ4v) is 3.80. The van der Waals surface area contributed by atoms with Crippen LogP contribution in [0.2, 0.25) is 0 Å². The number of benzene rings is 1. The van der Waals surface area contributed by atoms with E-state index in [4.69, 9.17) is 4.74 Å². The zero-order valence-electron chi connectivity index (χ0n) is 18.6. The molecule has 10 heteroatoms. The molecule has 1 fully saturated rings. The number of alkyl carbamates (subject to hydrolysis) is 1. The van der Waals surface area contributed by atoms with Crippen molar-refractivity contribution in [1.82, 2.24) is 30.3 Å². The van der Waals surface area contributed by atoms with Crippen LogP contribution in [0.25, 0.3) is 16.9 Å². The topological polar surface area (TPSA) is 127 Å². The van der Waals surface area contributed by atoms with Crippen molar-refractivity contribution in [2.75, 3.05) is 11.9 Å². The Labute approximate surface area is 186 Å². The number of nitrogens with one attached hydrogen (secondary N) is 2. The van der Waals surface area contributed by atoms with Crippen LogP contribution in [0.1, 0.15) is 46.5 Å². The highest BCUT2D eigenvalue weighted by Gasteiger charge is 2.23. The van der Waals surface area contributed by atoms with Crippen molar-refractivity contribution in [3.8, 4) is 11.4 Å². The van der Waals surface area contributed by atoms with Crippen LogP contribution in [0, 0.1) is 5.92 Å². The molecule has 1 aliphatic carbocycles. The molecule has 1 amide bonds. The van der Waals surface area contributed by atoms with E-state index in [0.29, 0.717) is 29.6 Å². The number of aromatic hydroxyl groups is 1. The fraction of sp³-hybridized carbons (Fsp3) is 0.500. The van der Waals surface area contributed by atoms with E-state index < -0.39 is 5.60 Å². The van der Waals surface area contributed by atoms with Crippen LogP contribution in [-0.4, -0.2) is 54.3 Å². The maximum atomic E-state index is 11.9. The minimum Gasteiger partial charge on any atom is -0.508 e. The van der Waals surface area contributed by atoms with Gasteiger partial charge in [0, 0.05) is 12.6 Å². The molecule has 1 aliphatic rings. The molecule has 1 aromatic carbocycles. The fourth-order valence-electron chi connectivity index (χ4n) is 3.80. The number of fused-ring (bicyclic) bond motifs is 1. The average molecular weight is 440 g/mol. The zero-order chi connectivity index (χ0) is 22.7. The van der Waals surface area contributed by atoms with E-state index in [1.54, 1.807) is 35.1 Å². The van der Waals surface area contributed by atoms with Gasteiger partial charge in [-0.05, 0) is 76.6 Å². The second-order valence-corrected chi connectivity index (χ2v) is 9.16. The van der Waals surface area contributed by atoms with Crippen LogP contribution in [0.4, 0.5) is 10.7 Å². The van der Waals surface area contributed by atoms with Crippen LogP contribution in [0.3, 0.4) is 0 Å². The van der Waals surface area contributed by atoms with E-state index in [-0.39, 0.29) is 17.9 Å². The van der Waals surface area contributed by atoms with Crippen molar-refractivity contribution < 1.29 is 14.6 Å². The van der Waals surface area contributed by atoms with Gasteiger partial charge in [0.1, 0.15) is 11.4 Å². The van der Waals surface area contributed by atoms with Gasteiger partial charge < -0.3 is 20.5 Å². The number of rotatable bonds is 5. The molecular formula is C22H29N7O3. The Hall–Kier alpha value is -3.43. The molecule has 170 valence electrons. The lowest BCUT2D eigenvalue weighted by Gasteiger charge is -2.29. The van der Waals surface area contributed by atoms with E-state index in [0.717, 1.165) is 31.4 Å². The second-order valence-electron chi connectivity index (χ2n) is 9.16. The third-order valence-electron chi connectivity index (χ3n) is 5.40. The lowest BCUT2D eigenvalue weighted by atomic mass is 9.86. The van der Waals surface area contributed by atoms with Crippen LogP contribution in [0.15, 0.2) is 30.5 Å². The summed E-state index contributed by atoms with van der Waals surface area (Å²) in [6, 6.07) is 6.97. The van der Waals surface area contributed by atoms with Gasteiger partial charge in [0.25, 0.3) is 0 Å². The Morgan fingerprint density at radius 2 is 1.91 bits per heavy atom. The number of ether oxygens (including phenoxy) is 1. The Balaban J connectivity index is 1.33. The van der Waals surface area contributed by atoms with Gasteiger partial charge in [0.15, 0.2) is 11.2 Å². The lowest BCUT2D eigenvalue weighted by molar-refractivity contribution is 0.0515. The molecule has 0 bridgehead atoms. The quantitative estimate of drug-likeness (QED) is 0.552. The van der Waals surface area contributed by atoms with Crippen LogP contribution in [-0.2, 0) is 4.74 Å². The molecule has 2 aromatic heterocycles. The summed E-state index contributed by atoms with van der Waals surface area (Å²) in [5, 5.41) is 24.1. The predicted molar refractivity (Wildman–Crippen MR) is 120 cm³/mol. The highest BCUT2D eigenvalue weighted by Crippen LogP contribution is 2.26. The van der Waals surface area contributed by atoms with E-state index in [1.165, 1.54) is 0 Å².